The molecular weight excluding hydrogens is 741 g/mol. The lowest BCUT2D eigenvalue weighted by Crippen LogP contribution is -2.18. The second kappa shape index (κ2) is 17.1. The van der Waals surface area contributed by atoms with E-state index in [0.29, 0.717) is 41.7 Å². The Labute approximate surface area is 335 Å². The first-order valence-electron chi connectivity index (χ1n) is 19.3. The summed E-state index contributed by atoms with van der Waals surface area (Å²) >= 11 is 0. The van der Waals surface area contributed by atoms with E-state index in [0.717, 1.165) is 40.2 Å². The number of amides is 2. The first kappa shape index (κ1) is 42.8. The topological polar surface area (TPSA) is 116 Å². The van der Waals surface area contributed by atoms with Crippen LogP contribution in [0.3, 0.4) is 0 Å². The van der Waals surface area contributed by atoms with Crippen LogP contribution in [-0.4, -0.2) is 53.6 Å². The number of hydrogen-bond donors (Lipinski definition) is 2. The second-order valence-electron chi connectivity index (χ2n) is 16.3. The van der Waals surface area contributed by atoms with E-state index in [1.54, 1.807) is 11.0 Å². The summed E-state index contributed by atoms with van der Waals surface area (Å²) in [6.07, 6.45) is 0. The van der Waals surface area contributed by atoms with Gasteiger partial charge in [0.05, 0.1) is 14.6 Å². The Hall–Kier alpha value is -4.29. The monoisotopic (exact) mass is 798 g/mol. The van der Waals surface area contributed by atoms with Crippen LogP contribution in [0, 0.1) is 0 Å². The largest absolute Gasteiger partial charge is 0.348 e. The molecule has 4 aliphatic heterocycles. The molecular formula is C45H58N4O5S2. The third kappa shape index (κ3) is 9.28. The van der Waals surface area contributed by atoms with Gasteiger partial charge in [-0.05, 0) is 105 Å². The summed E-state index contributed by atoms with van der Waals surface area (Å²) in [5.74, 6) is 6.04. The molecule has 11 heteroatoms. The SMILES string of the molecule is C=S1(=O)c2ccc(C(C)C)cc2CN1C.CC(C)c1ccc2c(c1)CN(C)C2=O.CC(C)c1ccc2c(c1)CNC2=O.CC(C)c1ccc2c(c1)CNS2(=O)=O. The van der Waals surface area contributed by atoms with Crippen LogP contribution in [-0.2, 0) is 45.9 Å². The van der Waals surface area contributed by atoms with Gasteiger partial charge < -0.3 is 10.2 Å². The first-order valence-corrected chi connectivity index (χ1v) is 22.5. The van der Waals surface area contributed by atoms with Gasteiger partial charge in [-0.25, -0.2) is 21.7 Å². The highest BCUT2D eigenvalue weighted by Gasteiger charge is 2.28. The van der Waals surface area contributed by atoms with Gasteiger partial charge in [0, 0.05) is 49.2 Å². The number of carbonyl (C=O) groups excluding carboxylic acids is 2. The molecule has 1 atom stereocenters. The van der Waals surface area contributed by atoms with Crippen molar-refractivity contribution in [3.05, 3.63) is 128 Å². The molecule has 0 bridgehead atoms. The number of sulfonamides is 1. The van der Waals surface area contributed by atoms with Gasteiger partial charge >= 0.3 is 0 Å². The minimum absolute atomic E-state index is 0.0605. The number of rotatable bonds is 4. The molecule has 2 N–H and O–H groups in total. The number of fused-ring (bicyclic) bond motifs is 4. The normalized spacial score (nSPS) is 18.7. The minimum atomic E-state index is -3.20. The quantitative estimate of drug-likeness (QED) is 0.202. The van der Waals surface area contributed by atoms with Gasteiger partial charge in [0.25, 0.3) is 11.8 Å². The summed E-state index contributed by atoms with van der Waals surface area (Å²) < 4.78 is 39.4. The Kier molecular flexibility index (Phi) is 13.1. The zero-order valence-corrected chi connectivity index (χ0v) is 36.2. The lowest BCUT2D eigenvalue weighted by Gasteiger charge is -2.11. The maximum Gasteiger partial charge on any atom is 0.254 e. The van der Waals surface area contributed by atoms with E-state index in [-0.39, 0.29) is 11.8 Å². The molecule has 0 spiro atoms. The van der Waals surface area contributed by atoms with Crippen LogP contribution in [0.25, 0.3) is 0 Å². The van der Waals surface area contributed by atoms with Crippen molar-refractivity contribution >= 4 is 37.4 Å². The van der Waals surface area contributed by atoms with Crippen LogP contribution >= 0.6 is 0 Å². The van der Waals surface area contributed by atoms with E-state index in [9.17, 15) is 22.2 Å². The maximum atomic E-state index is 12.2. The molecule has 4 aliphatic rings. The molecule has 0 aromatic heterocycles. The van der Waals surface area contributed by atoms with Crippen molar-refractivity contribution in [1.82, 2.24) is 19.2 Å². The summed E-state index contributed by atoms with van der Waals surface area (Å²) in [6, 6.07) is 24.0. The van der Waals surface area contributed by atoms with Gasteiger partial charge in [0.2, 0.25) is 10.0 Å². The molecule has 0 fully saturated rings. The number of benzene rings is 4. The predicted molar refractivity (Wildman–Crippen MR) is 228 cm³/mol. The Balaban J connectivity index is 0.000000143. The molecule has 1 unspecified atom stereocenters. The van der Waals surface area contributed by atoms with Crippen LogP contribution in [0.4, 0.5) is 0 Å². The van der Waals surface area contributed by atoms with E-state index in [1.165, 1.54) is 33.4 Å². The zero-order chi connectivity index (χ0) is 41.3. The molecule has 8 rings (SSSR count). The predicted octanol–water partition coefficient (Wildman–Crippen LogP) is 8.30. The van der Waals surface area contributed by atoms with E-state index in [4.69, 9.17) is 0 Å². The third-order valence-corrected chi connectivity index (χ3v) is 14.5. The van der Waals surface area contributed by atoms with Crippen LogP contribution in [0.15, 0.2) is 82.6 Å². The molecule has 0 radical (unpaired) electrons. The lowest BCUT2D eigenvalue weighted by molar-refractivity contribution is 0.0816. The molecule has 56 heavy (non-hydrogen) atoms. The van der Waals surface area contributed by atoms with Crippen molar-refractivity contribution in [1.29, 1.82) is 0 Å². The van der Waals surface area contributed by atoms with Crippen molar-refractivity contribution in [2.24, 2.45) is 0 Å². The number of nitrogens with one attached hydrogen (secondary N) is 2. The average Bonchev–Trinajstić information content (AvgIpc) is 3.84. The van der Waals surface area contributed by atoms with Crippen LogP contribution in [0.5, 0.6) is 0 Å². The van der Waals surface area contributed by atoms with Crippen LogP contribution in [0.2, 0.25) is 0 Å². The standard InChI is InChI=1S/C12H17NOS.C12H15NO.C11H13NO.C10H13NO2S/c1-9(2)10-5-6-12-11(7-10)8-13(3)15(12,4)14;1-8(2)9-4-5-11-10(6-9)7-13(3)12(11)14;1-7(2)8-3-4-10-9(5-8)6-12-11(10)13;1-7(2)8-3-4-10-9(5-8)6-11-14(10,12)13/h5-7,9H,4,8H2,1-3H3;4-6,8H,7H2,1-3H3;3-5,7H,6H2,1-2H3,(H,12,13);3-5,7,11H,6H2,1-2H3. The molecule has 4 aromatic carbocycles. The van der Waals surface area contributed by atoms with Gasteiger partial charge in [-0.1, -0.05) is 104 Å². The Morgan fingerprint density at radius 3 is 1.59 bits per heavy atom. The lowest BCUT2D eigenvalue weighted by atomic mass is 9.98. The van der Waals surface area contributed by atoms with Crippen LogP contribution < -0.4 is 10.0 Å². The van der Waals surface area contributed by atoms with Gasteiger partial charge in [-0.3, -0.25) is 9.59 Å². The minimum Gasteiger partial charge on any atom is -0.348 e. The summed E-state index contributed by atoms with van der Waals surface area (Å²) in [6.45, 7) is 19.8. The molecule has 0 saturated heterocycles. The molecule has 0 aliphatic carbocycles. The van der Waals surface area contributed by atoms with Crippen molar-refractivity contribution in [3.8, 4) is 0 Å². The van der Waals surface area contributed by atoms with Crippen molar-refractivity contribution < 1.29 is 22.2 Å². The van der Waals surface area contributed by atoms with E-state index in [1.807, 2.05) is 54.8 Å². The molecule has 2 amide bonds. The highest BCUT2D eigenvalue weighted by atomic mass is 32.2. The molecule has 300 valence electrons. The van der Waals surface area contributed by atoms with Gasteiger partial charge in [0.15, 0.2) is 0 Å². The smallest absolute Gasteiger partial charge is 0.254 e. The number of hydrogen-bond acceptors (Lipinski definition) is 5. The molecule has 0 saturated carbocycles. The van der Waals surface area contributed by atoms with Gasteiger partial charge in [0.1, 0.15) is 0 Å². The average molecular weight is 799 g/mol. The Morgan fingerprint density at radius 2 is 1.04 bits per heavy atom. The highest BCUT2D eigenvalue weighted by Crippen LogP contribution is 2.32. The van der Waals surface area contributed by atoms with E-state index < -0.39 is 19.7 Å². The molecule has 4 aromatic rings. The second-order valence-corrected chi connectivity index (χ2v) is 20.4. The van der Waals surface area contributed by atoms with E-state index >= 15 is 0 Å². The number of nitrogens with zero attached hydrogens (tertiary/aromatic N) is 2. The zero-order valence-electron chi connectivity index (χ0n) is 34.5. The Bertz CT molecular complexity index is 2350. The number of carbonyl (C=O) groups is 2. The van der Waals surface area contributed by atoms with Gasteiger partial charge in [-0.15, -0.1) is 0 Å². The fourth-order valence-corrected chi connectivity index (χ4v) is 9.69. The summed E-state index contributed by atoms with van der Waals surface area (Å²) in [5, 5.41) is 2.81. The Morgan fingerprint density at radius 1 is 0.571 bits per heavy atom. The molecule has 9 nitrogen and oxygen atoms in total. The maximum absolute atomic E-state index is 12.2. The van der Waals surface area contributed by atoms with E-state index in [2.05, 4.69) is 102 Å². The summed E-state index contributed by atoms with van der Waals surface area (Å²) in [4.78, 5) is 25.9. The third-order valence-electron chi connectivity index (χ3n) is 10.7. The summed E-state index contributed by atoms with van der Waals surface area (Å²) in [5.41, 5.74) is 11.2. The summed E-state index contributed by atoms with van der Waals surface area (Å²) in [7, 11) is -1.68. The van der Waals surface area contributed by atoms with Gasteiger partial charge in [-0.2, -0.15) is 0 Å². The van der Waals surface area contributed by atoms with Crippen molar-refractivity contribution in [3.63, 3.8) is 0 Å². The van der Waals surface area contributed by atoms with Crippen molar-refractivity contribution in [2.45, 2.75) is 115 Å². The first-order chi connectivity index (χ1) is 26.2. The fraction of sp³-hybridized carbons (Fsp3) is 0.400. The van der Waals surface area contributed by atoms with Crippen molar-refractivity contribution in [2.75, 3.05) is 14.1 Å². The molecule has 4 heterocycles. The van der Waals surface area contributed by atoms with Crippen LogP contribution in [0.1, 0.15) is 144 Å². The highest BCUT2D eigenvalue weighted by molar-refractivity contribution is 7.98. The fourth-order valence-electron chi connectivity index (χ4n) is 6.97.